The first-order valence-corrected chi connectivity index (χ1v) is 14.7. The molecular weight excluding hydrogens is 577 g/mol. The third-order valence-corrected chi connectivity index (χ3v) is 8.80. The quantitative estimate of drug-likeness (QED) is 0.224. The van der Waals surface area contributed by atoms with Crippen LogP contribution in [-0.4, -0.2) is 57.5 Å². The Morgan fingerprint density at radius 1 is 1.03 bits per heavy atom. The van der Waals surface area contributed by atoms with Gasteiger partial charge in [-0.2, -0.15) is 14.7 Å². The van der Waals surface area contributed by atoms with E-state index in [4.69, 9.17) is 52.6 Å². The largest absolute Gasteiger partial charge is 0.378 e. The van der Waals surface area contributed by atoms with Crippen LogP contribution < -0.4 is 4.90 Å². The van der Waals surface area contributed by atoms with Gasteiger partial charge in [-0.1, -0.05) is 54.5 Å². The first-order chi connectivity index (χ1) is 18.7. The second kappa shape index (κ2) is 13.1. The minimum atomic E-state index is 0.250. The molecule has 12 heteroatoms. The van der Waals surface area contributed by atoms with Gasteiger partial charge in [-0.3, -0.25) is 0 Å². The number of morpholine rings is 1. The van der Waals surface area contributed by atoms with Crippen LogP contribution in [0.2, 0.25) is 10.0 Å². The first-order valence-electron chi connectivity index (χ1n) is 12.2. The fraction of sp³-hybridized carbons (Fsp3) is 0.333. The molecule has 4 heterocycles. The lowest BCUT2D eigenvalue weighted by Crippen LogP contribution is -2.36. The van der Waals surface area contributed by atoms with Gasteiger partial charge in [-0.25, -0.2) is 14.6 Å². The number of pyridine rings is 1. The highest BCUT2D eigenvalue weighted by Crippen LogP contribution is 2.41. The number of carbonyl (C=O) groups excluding carboxylic acids is 2. The summed E-state index contributed by atoms with van der Waals surface area (Å²) in [7, 11) is 0. The molecule has 0 N–H and O–H groups in total. The molecule has 39 heavy (non-hydrogen) atoms. The lowest BCUT2D eigenvalue weighted by molar-refractivity contribution is -0.191. The van der Waals surface area contributed by atoms with Crippen molar-refractivity contribution in [2.75, 3.05) is 31.2 Å². The van der Waals surface area contributed by atoms with Gasteiger partial charge in [-0.05, 0) is 43.7 Å². The Bertz CT molecular complexity index is 1490. The molecule has 0 aliphatic carbocycles. The molecule has 1 aliphatic rings. The number of anilines is 1. The molecule has 0 saturated carbocycles. The minimum absolute atomic E-state index is 0.250. The first kappa shape index (κ1) is 29.3. The summed E-state index contributed by atoms with van der Waals surface area (Å²) in [6.07, 6.45) is 2.31. The monoisotopic (exact) mass is 603 g/mol. The molecule has 1 saturated heterocycles. The van der Waals surface area contributed by atoms with Crippen molar-refractivity contribution in [3.8, 4) is 27.5 Å². The fourth-order valence-corrected chi connectivity index (χ4v) is 6.86. The number of hydrogen-bond acceptors (Lipinski definition) is 9. The van der Waals surface area contributed by atoms with Crippen LogP contribution in [0.4, 0.5) is 5.82 Å². The molecule has 0 radical (unpaired) electrons. The maximum atomic E-state index is 8.12. The maximum absolute atomic E-state index is 8.12. The molecule has 0 bridgehead atoms. The van der Waals surface area contributed by atoms with Crippen LogP contribution in [0.5, 0.6) is 0 Å². The summed E-state index contributed by atoms with van der Waals surface area (Å²) in [6, 6.07) is 9.91. The number of hydrogen-bond donors (Lipinski definition) is 0. The highest BCUT2D eigenvalue weighted by molar-refractivity contribution is 8.01. The van der Waals surface area contributed by atoms with Gasteiger partial charge < -0.3 is 9.64 Å². The summed E-state index contributed by atoms with van der Waals surface area (Å²) in [5.41, 5.74) is 5.94. The van der Waals surface area contributed by atoms with E-state index >= 15 is 0 Å². The zero-order valence-electron chi connectivity index (χ0n) is 21.9. The molecule has 3 aromatic heterocycles. The zero-order valence-corrected chi connectivity index (χ0v) is 25.0. The highest BCUT2D eigenvalue weighted by Gasteiger charge is 2.20. The Labute approximate surface area is 245 Å². The molecule has 5 rings (SSSR count). The number of benzene rings is 1. The van der Waals surface area contributed by atoms with Crippen LogP contribution in [0.25, 0.3) is 27.5 Å². The molecule has 1 aliphatic heterocycles. The van der Waals surface area contributed by atoms with Crippen molar-refractivity contribution in [1.82, 2.24) is 19.7 Å². The van der Waals surface area contributed by atoms with E-state index < -0.39 is 0 Å². The average Bonchev–Trinajstić information content (AvgIpc) is 3.49. The Balaban J connectivity index is 0.00000112. The third-order valence-electron chi connectivity index (χ3n) is 5.80. The smallest absolute Gasteiger partial charge is 0.373 e. The second-order valence-corrected chi connectivity index (χ2v) is 12.7. The Kier molecular flexibility index (Phi) is 9.82. The van der Waals surface area contributed by atoms with Crippen molar-refractivity contribution < 1.29 is 14.3 Å². The summed E-state index contributed by atoms with van der Waals surface area (Å²) in [5, 5.41) is 7.12. The van der Waals surface area contributed by atoms with Gasteiger partial charge in [0.25, 0.3) is 0 Å². The normalized spacial score (nSPS) is 13.3. The van der Waals surface area contributed by atoms with E-state index in [1.54, 1.807) is 23.1 Å². The second-order valence-electron chi connectivity index (χ2n) is 9.04. The predicted molar refractivity (Wildman–Crippen MR) is 156 cm³/mol. The minimum Gasteiger partial charge on any atom is -0.378 e. The van der Waals surface area contributed by atoms with Gasteiger partial charge in [0.15, 0.2) is 0 Å². The van der Waals surface area contributed by atoms with E-state index in [2.05, 4.69) is 37.1 Å². The van der Waals surface area contributed by atoms with Crippen molar-refractivity contribution in [1.29, 1.82) is 0 Å². The molecule has 1 fully saturated rings. The van der Waals surface area contributed by atoms with Gasteiger partial charge in [-0.15, -0.1) is 11.8 Å². The third kappa shape index (κ3) is 7.08. The molecule has 0 atom stereocenters. The standard InChI is InChI=1S/C26H27Cl2N5OS2.CO2/c1-15(2)35-25-24(18-5-6-21(27)22(28)12-18)30-26(36-25)33-14-20(17(4)31-33)19-11-16(3)29-23(13-19)32-7-9-34-10-8-32;2-1-3/h5-6,11-15H,7-10H2,1-4H3;. The van der Waals surface area contributed by atoms with Gasteiger partial charge in [0.05, 0.1) is 38.9 Å². The molecule has 0 unspecified atom stereocenters. The van der Waals surface area contributed by atoms with Crippen LogP contribution in [0.1, 0.15) is 25.2 Å². The molecule has 1 aromatic carbocycles. The Morgan fingerprint density at radius 2 is 1.74 bits per heavy atom. The fourth-order valence-electron chi connectivity index (χ4n) is 4.12. The number of halogens is 2. The zero-order chi connectivity index (χ0) is 28.1. The number of aromatic nitrogens is 4. The summed E-state index contributed by atoms with van der Waals surface area (Å²) in [5.74, 6) is 0.979. The summed E-state index contributed by atoms with van der Waals surface area (Å²) >= 11 is 15.9. The molecular formula is C27H27Cl2N5O3S2. The number of rotatable bonds is 6. The number of thioether (sulfide) groups is 1. The predicted octanol–water partition coefficient (Wildman–Crippen LogP) is 6.74. The van der Waals surface area contributed by atoms with E-state index in [-0.39, 0.29) is 6.15 Å². The molecule has 8 nitrogen and oxygen atoms in total. The van der Waals surface area contributed by atoms with E-state index in [0.717, 1.165) is 75.2 Å². The topological polar surface area (TPSA) is 90.2 Å². The molecule has 4 aromatic rings. The van der Waals surface area contributed by atoms with Crippen LogP contribution in [0.3, 0.4) is 0 Å². The van der Waals surface area contributed by atoms with Crippen molar-refractivity contribution in [3.05, 3.63) is 58.0 Å². The Morgan fingerprint density at radius 3 is 2.41 bits per heavy atom. The number of aryl methyl sites for hydroxylation is 2. The number of nitrogens with zero attached hydrogens (tertiary/aromatic N) is 5. The molecule has 0 spiro atoms. The summed E-state index contributed by atoms with van der Waals surface area (Å²) < 4.78 is 8.52. The van der Waals surface area contributed by atoms with Gasteiger partial charge in [0, 0.05) is 41.4 Å². The van der Waals surface area contributed by atoms with Crippen LogP contribution in [0, 0.1) is 13.8 Å². The van der Waals surface area contributed by atoms with Crippen LogP contribution in [-0.2, 0) is 14.3 Å². The number of ether oxygens (including phenoxy) is 1. The lowest BCUT2D eigenvalue weighted by atomic mass is 10.1. The SMILES string of the molecule is Cc1cc(-c2cn(-c3nc(-c4ccc(Cl)c(Cl)c4)c(SC(C)C)s3)nc2C)cc(N2CCOCC2)n1.O=C=O. The maximum Gasteiger partial charge on any atom is 0.373 e. The van der Waals surface area contributed by atoms with E-state index in [1.165, 1.54) is 0 Å². The van der Waals surface area contributed by atoms with E-state index in [0.29, 0.717) is 15.3 Å². The van der Waals surface area contributed by atoms with Crippen molar-refractivity contribution in [2.45, 2.75) is 37.2 Å². The van der Waals surface area contributed by atoms with E-state index in [1.807, 2.05) is 36.7 Å². The summed E-state index contributed by atoms with van der Waals surface area (Å²) in [4.78, 5) is 28.3. The van der Waals surface area contributed by atoms with Crippen molar-refractivity contribution in [2.24, 2.45) is 0 Å². The van der Waals surface area contributed by atoms with Crippen molar-refractivity contribution in [3.63, 3.8) is 0 Å². The Hall–Kier alpha value is -2.72. The van der Waals surface area contributed by atoms with E-state index in [9.17, 15) is 0 Å². The highest BCUT2D eigenvalue weighted by atomic mass is 35.5. The van der Waals surface area contributed by atoms with Crippen LogP contribution in [0.15, 0.2) is 40.7 Å². The van der Waals surface area contributed by atoms with Crippen molar-refractivity contribution >= 4 is 58.3 Å². The lowest BCUT2D eigenvalue weighted by Gasteiger charge is -2.28. The number of thiazole rings is 1. The molecule has 204 valence electrons. The van der Waals surface area contributed by atoms with Gasteiger partial charge in [0.1, 0.15) is 5.82 Å². The van der Waals surface area contributed by atoms with Crippen LogP contribution >= 0.6 is 46.3 Å². The molecule has 0 amide bonds. The van der Waals surface area contributed by atoms with Gasteiger partial charge >= 0.3 is 6.15 Å². The average molecular weight is 605 g/mol. The van der Waals surface area contributed by atoms with Gasteiger partial charge in [0.2, 0.25) is 5.13 Å². The summed E-state index contributed by atoms with van der Waals surface area (Å²) in [6.45, 7) is 11.6.